The zero-order valence-corrected chi connectivity index (χ0v) is 15.7. The van der Waals surface area contributed by atoms with Crippen LogP contribution in [-0.4, -0.2) is 26.0 Å². The van der Waals surface area contributed by atoms with Crippen LogP contribution >= 0.6 is 11.8 Å². The van der Waals surface area contributed by atoms with Crippen molar-refractivity contribution in [3.63, 3.8) is 0 Å². The third-order valence-electron chi connectivity index (χ3n) is 4.06. The lowest BCUT2D eigenvalue weighted by Crippen LogP contribution is -2.23. The molecule has 1 atom stereocenters. The summed E-state index contributed by atoms with van der Waals surface area (Å²) < 4.78 is 1.84. The van der Waals surface area contributed by atoms with Crippen LogP contribution in [0.5, 0.6) is 5.75 Å². The molecule has 26 heavy (non-hydrogen) atoms. The van der Waals surface area contributed by atoms with E-state index in [9.17, 15) is 9.90 Å². The Morgan fingerprint density at radius 3 is 2.42 bits per heavy atom. The van der Waals surface area contributed by atoms with Gasteiger partial charge in [-0.25, -0.2) is 4.68 Å². The van der Waals surface area contributed by atoms with Crippen LogP contribution in [-0.2, 0) is 4.79 Å². The van der Waals surface area contributed by atoms with Gasteiger partial charge in [0, 0.05) is 4.90 Å². The number of phenolic OH excluding ortho intramolecular Hbond substituents is 1. The monoisotopic (exact) mass is 367 g/mol. The quantitative estimate of drug-likeness (QED) is 0.659. The fourth-order valence-corrected chi connectivity index (χ4v) is 3.52. The van der Waals surface area contributed by atoms with E-state index in [0.29, 0.717) is 0 Å². The maximum absolute atomic E-state index is 12.6. The lowest BCUT2D eigenvalue weighted by atomic mass is 10.3. The SMILES string of the molecule is Cc1nn(-c2ccccc2)c(C)c1NC(=O)[C@@H](C)Sc1ccc(O)cc1. The lowest BCUT2D eigenvalue weighted by molar-refractivity contribution is -0.115. The topological polar surface area (TPSA) is 67.2 Å². The average Bonchev–Trinajstić information content (AvgIpc) is 2.92. The molecule has 0 aliphatic heterocycles. The first kappa shape index (κ1) is 18.1. The second-order valence-corrected chi connectivity index (χ2v) is 7.45. The number of carbonyl (C=O) groups excluding carboxylic acids is 1. The van der Waals surface area contributed by atoms with E-state index in [1.165, 1.54) is 11.8 Å². The second kappa shape index (κ2) is 7.66. The van der Waals surface area contributed by atoms with Crippen LogP contribution in [0.25, 0.3) is 5.69 Å². The second-order valence-electron chi connectivity index (χ2n) is 6.04. The number of thioether (sulfide) groups is 1. The third kappa shape index (κ3) is 3.91. The van der Waals surface area contributed by atoms with E-state index in [1.807, 2.05) is 55.8 Å². The standard InChI is InChI=1S/C20H21N3O2S/c1-13-19(14(2)23(22-13)16-7-5-4-6-8-16)21-20(25)15(3)26-18-11-9-17(24)10-12-18/h4-12,15,24H,1-3H3,(H,21,25)/t15-/m1/s1. The summed E-state index contributed by atoms with van der Waals surface area (Å²) in [5, 5.41) is 16.6. The van der Waals surface area contributed by atoms with Gasteiger partial charge >= 0.3 is 0 Å². The highest BCUT2D eigenvalue weighted by Crippen LogP contribution is 2.27. The maximum atomic E-state index is 12.6. The first-order valence-corrected chi connectivity index (χ1v) is 9.22. The van der Waals surface area contributed by atoms with Gasteiger partial charge in [-0.05, 0) is 57.2 Å². The fourth-order valence-electron chi connectivity index (χ4n) is 2.65. The maximum Gasteiger partial charge on any atom is 0.237 e. The van der Waals surface area contributed by atoms with Crippen molar-refractivity contribution in [3.05, 3.63) is 66.0 Å². The number of aromatic hydroxyl groups is 1. The number of aryl methyl sites for hydroxylation is 1. The molecule has 6 heteroatoms. The fraction of sp³-hybridized carbons (Fsp3) is 0.200. The Balaban J connectivity index is 1.75. The van der Waals surface area contributed by atoms with Gasteiger partial charge in [0.1, 0.15) is 5.75 Å². The predicted octanol–water partition coefficient (Wildman–Crippen LogP) is 4.31. The van der Waals surface area contributed by atoms with E-state index in [0.717, 1.165) is 27.7 Å². The van der Waals surface area contributed by atoms with E-state index in [-0.39, 0.29) is 16.9 Å². The number of aromatic nitrogens is 2. The van der Waals surface area contributed by atoms with Crippen molar-refractivity contribution in [3.8, 4) is 11.4 Å². The molecule has 0 spiro atoms. The summed E-state index contributed by atoms with van der Waals surface area (Å²) in [6, 6.07) is 16.7. The zero-order valence-electron chi connectivity index (χ0n) is 14.9. The van der Waals surface area contributed by atoms with Gasteiger partial charge in [-0.1, -0.05) is 18.2 Å². The molecule has 0 radical (unpaired) electrons. The first-order chi connectivity index (χ1) is 12.5. The Morgan fingerprint density at radius 2 is 1.77 bits per heavy atom. The Labute approximate surface area is 157 Å². The molecule has 1 amide bonds. The number of hydrogen-bond donors (Lipinski definition) is 2. The normalized spacial score (nSPS) is 12.0. The number of anilines is 1. The van der Waals surface area contributed by atoms with Gasteiger partial charge in [0.15, 0.2) is 0 Å². The molecule has 134 valence electrons. The summed E-state index contributed by atoms with van der Waals surface area (Å²) >= 11 is 1.44. The summed E-state index contributed by atoms with van der Waals surface area (Å²) in [7, 11) is 0. The highest BCUT2D eigenvalue weighted by Gasteiger charge is 2.19. The van der Waals surface area contributed by atoms with Crippen LogP contribution in [0, 0.1) is 13.8 Å². The summed E-state index contributed by atoms with van der Waals surface area (Å²) in [5.41, 5.74) is 3.38. The lowest BCUT2D eigenvalue weighted by Gasteiger charge is -2.12. The van der Waals surface area contributed by atoms with Crippen molar-refractivity contribution in [1.29, 1.82) is 0 Å². The highest BCUT2D eigenvalue weighted by atomic mass is 32.2. The number of phenols is 1. The van der Waals surface area contributed by atoms with Gasteiger partial charge in [0.05, 0.1) is 28.0 Å². The number of nitrogens with zero attached hydrogens (tertiary/aromatic N) is 2. The van der Waals surface area contributed by atoms with Gasteiger partial charge in [0.2, 0.25) is 5.91 Å². The van der Waals surface area contributed by atoms with E-state index >= 15 is 0 Å². The smallest absolute Gasteiger partial charge is 0.237 e. The zero-order chi connectivity index (χ0) is 18.7. The third-order valence-corrected chi connectivity index (χ3v) is 5.17. The molecule has 0 bridgehead atoms. The number of hydrogen-bond acceptors (Lipinski definition) is 4. The summed E-state index contributed by atoms with van der Waals surface area (Å²) in [4.78, 5) is 13.5. The Bertz CT molecular complexity index is 905. The van der Waals surface area contributed by atoms with E-state index in [1.54, 1.807) is 24.3 Å². The van der Waals surface area contributed by atoms with Crippen molar-refractivity contribution in [2.45, 2.75) is 30.9 Å². The van der Waals surface area contributed by atoms with Gasteiger partial charge in [-0.3, -0.25) is 4.79 Å². The molecule has 3 rings (SSSR count). The van der Waals surface area contributed by atoms with Gasteiger partial charge in [-0.2, -0.15) is 5.10 Å². The molecule has 0 saturated heterocycles. The molecule has 3 aromatic rings. The van der Waals surface area contributed by atoms with Crippen LogP contribution in [0.4, 0.5) is 5.69 Å². The van der Waals surface area contributed by atoms with E-state index in [4.69, 9.17) is 0 Å². The minimum Gasteiger partial charge on any atom is -0.508 e. The molecule has 0 saturated carbocycles. The minimum atomic E-state index is -0.279. The largest absolute Gasteiger partial charge is 0.508 e. The number of rotatable bonds is 5. The highest BCUT2D eigenvalue weighted by molar-refractivity contribution is 8.00. The molecular weight excluding hydrogens is 346 g/mol. The molecule has 2 N–H and O–H groups in total. The molecular formula is C20H21N3O2S. The summed E-state index contributed by atoms with van der Waals surface area (Å²) in [5.74, 6) is 0.132. The molecule has 1 aromatic heterocycles. The molecule has 2 aromatic carbocycles. The number of carbonyl (C=O) groups is 1. The van der Waals surface area contributed by atoms with Crippen LogP contribution in [0.3, 0.4) is 0 Å². The molecule has 0 fully saturated rings. The summed E-state index contributed by atoms with van der Waals surface area (Å²) in [6.07, 6.45) is 0. The Morgan fingerprint density at radius 1 is 1.12 bits per heavy atom. The first-order valence-electron chi connectivity index (χ1n) is 8.34. The van der Waals surface area contributed by atoms with Crippen molar-refractivity contribution in [2.24, 2.45) is 0 Å². The molecule has 1 heterocycles. The minimum absolute atomic E-state index is 0.0816. The van der Waals surface area contributed by atoms with Crippen LogP contribution in [0.2, 0.25) is 0 Å². The van der Waals surface area contributed by atoms with Crippen LogP contribution in [0.15, 0.2) is 59.5 Å². The number of nitrogens with one attached hydrogen (secondary N) is 1. The predicted molar refractivity (Wildman–Crippen MR) is 105 cm³/mol. The number of amides is 1. The van der Waals surface area contributed by atoms with Gasteiger partial charge < -0.3 is 10.4 Å². The Kier molecular flexibility index (Phi) is 5.32. The molecule has 0 aliphatic carbocycles. The van der Waals surface area contributed by atoms with Crippen LogP contribution in [0.1, 0.15) is 18.3 Å². The molecule has 5 nitrogen and oxygen atoms in total. The van der Waals surface area contributed by atoms with Crippen molar-refractivity contribution >= 4 is 23.4 Å². The van der Waals surface area contributed by atoms with Gasteiger partial charge in [0.25, 0.3) is 0 Å². The average molecular weight is 367 g/mol. The molecule has 0 aliphatic rings. The number of para-hydroxylation sites is 1. The van der Waals surface area contributed by atoms with Crippen LogP contribution < -0.4 is 5.32 Å². The van der Waals surface area contributed by atoms with E-state index < -0.39 is 0 Å². The van der Waals surface area contributed by atoms with Crippen molar-refractivity contribution in [1.82, 2.24) is 9.78 Å². The van der Waals surface area contributed by atoms with Gasteiger partial charge in [-0.15, -0.1) is 11.8 Å². The van der Waals surface area contributed by atoms with Crippen molar-refractivity contribution in [2.75, 3.05) is 5.32 Å². The van der Waals surface area contributed by atoms with Crippen molar-refractivity contribution < 1.29 is 9.90 Å². The number of benzene rings is 2. The van der Waals surface area contributed by atoms with E-state index in [2.05, 4.69) is 10.4 Å². The Hall–Kier alpha value is -2.73. The molecule has 0 unspecified atom stereocenters. The summed E-state index contributed by atoms with van der Waals surface area (Å²) in [6.45, 7) is 5.69.